The second kappa shape index (κ2) is 2.83. The van der Waals surface area contributed by atoms with Gasteiger partial charge < -0.3 is 0 Å². The van der Waals surface area contributed by atoms with Crippen LogP contribution in [0.3, 0.4) is 0 Å². The van der Waals surface area contributed by atoms with Crippen LogP contribution in [0.2, 0.25) is 0 Å². The first-order valence-electron chi connectivity index (χ1n) is 3.02. The molecule has 4 nitrogen and oxygen atoms in total. The van der Waals surface area contributed by atoms with Crippen molar-refractivity contribution < 1.29 is 8.42 Å². The first-order chi connectivity index (χ1) is 5.05. The van der Waals surface area contributed by atoms with Crippen molar-refractivity contribution in [3.8, 4) is 0 Å². The lowest BCUT2D eigenvalue weighted by molar-refractivity contribution is 0.608. The van der Waals surface area contributed by atoms with E-state index in [0.717, 1.165) is 0 Å². The molecule has 1 rings (SSSR count). The Balaban J connectivity index is 3.24. The van der Waals surface area contributed by atoms with Gasteiger partial charge >= 0.3 is 0 Å². The highest BCUT2D eigenvalue weighted by molar-refractivity contribution is 8.13. The fraction of sp³-hybridized carbons (Fsp3) is 0.400. The molecule has 1 aromatic rings. The van der Waals surface area contributed by atoms with Crippen LogP contribution in [0, 0.1) is 0 Å². The highest BCUT2D eigenvalue weighted by Crippen LogP contribution is 2.17. The predicted octanol–water partition coefficient (Wildman–Crippen LogP) is 0.900. The van der Waals surface area contributed by atoms with Gasteiger partial charge in [-0.1, -0.05) is 6.92 Å². The number of nitrogens with zero attached hydrogens (tertiary/aromatic N) is 1. The molecule has 62 valence electrons. The van der Waals surface area contributed by atoms with E-state index in [4.69, 9.17) is 10.7 Å². The molecule has 1 heterocycles. The minimum absolute atomic E-state index is 0.0710. The van der Waals surface area contributed by atoms with Crippen molar-refractivity contribution in [1.29, 1.82) is 0 Å². The Morgan fingerprint density at radius 2 is 2.36 bits per heavy atom. The number of nitrogens with one attached hydrogen (secondary N) is 1. The van der Waals surface area contributed by atoms with Gasteiger partial charge in [-0.3, -0.25) is 5.10 Å². The van der Waals surface area contributed by atoms with E-state index < -0.39 is 9.05 Å². The number of hydrogen-bond donors (Lipinski definition) is 1. The van der Waals surface area contributed by atoms with Crippen LogP contribution in [0.5, 0.6) is 0 Å². The summed E-state index contributed by atoms with van der Waals surface area (Å²) in [5.41, 5.74) is 0.542. The van der Waals surface area contributed by atoms with Crippen molar-refractivity contribution in [1.82, 2.24) is 10.2 Å². The van der Waals surface area contributed by atoms with Crippen LogP contribution in [-0.4, -0.2) is 18.6 Å². The van der Waals surface area contributed by atoms with Crippen molar-refractivity contribution in [3.63, 3.8) is 0 Å². The molecule has 1 aromatic heterocycles. The first-order valence-corrected chi connectivity index (χ1v) is 5.33. The topological polar surface area (TPSA) is 62.8 Å². The number of H-pyrrole nitrogens is 1. The van der Waals surface area contributed by atoms with Crippen molar-refractivity contribution in [3.05, 3.63) is 11.9 Å². The Kier molecular flexibility index (Phi) is 2.20. The molecule has 0 unspecified atom stereocenters. The van der Waals surface area contributed by atoms with E-state index in [-0.39, 0.29) is 4.90 Å². The van der Waals surface area contributed by atoms with Gasteiger partial charge in [0.25, 0.3) is 9.05 Å². The normalized spacial score (nSPS) is 11.8. The Bertz CT molecular complexity index is 343. The summed E-state index contributed by atoms with van der Waals surface area (Å²) in [6.45, 7) is 1.82. The van der Waals surface area contributed by atoms with Gasteiger partial charge in [0, 0.05) is 10.7 Å². The number of hydrogen-bond acceptors (Lipinski definition) is 3. The van der Waals surface area contributed by atoms with Crippen LogP contribution in [-0.2, 0) is 15.5 Å². The van der Waals surface area contributed by atoms with Crippen molar-refractivity contribution in [2.75, 3.05) is 0 Å². The maximum absolute atomic E-state index is 10.8. The lowest BCUT2D eigenvalue weighted by Gasteiger charge is -1.92. The van der Waals surface area contributed by atoms with Gasteiger partial charge in [-0.15, -0.1) is 0 Å². The van der Waals surface area contributed by atoms with Crippen LogP contribution < -0.4 is 0 Å². The number of halogens is 1. The van der Waals surface area contributed by atoms with Crippen molar-refractivity contribution >= 4 is 19.7 Å². The molecule has 0 saturated heterocycles. The quantitative estimate of drug-likeness (QED) is 0.712. The van der Waals surface area contributed by atoms with Crippen LogP contribution in [0.25, 0.3) is 0 Å². The largest absolute Gasteiger partial charge is 0.281 e. The Labute approximate surface area is 69.0 Å². The first kappa shape index (κ1) is 8.55. The summed E-state index contributed by atoms with van der Waals surface area (Å²) in [5.74, 6) is 0. The molecule has 0 atom stereocenters. The molecular weight excluding hydrogens is 188 g/mol. The van der Waals surface area contributed by atoms with Gasteiger partial charge in [0.05, 0.1) is 11.9 Å². The molecule has 0 spiro atoms. The van der Waals surface area contributed by atoms with Crippen LogP contribution >= 0.6 is 10.7 Å². The number of rotatable bonds is 2. The maximum atomic E-state index is 10.8. The van der Waals surface area contributed by atoms with E-state index in [1.54, 1.807) is 0 Å². The molecule has 0 aliphatic rings. The van der Waals surface area contributed by atoms with Gasteiger partial charge in [-0.05, 0) is 6.42 Å². The number of aryl methyl sites for hydroxylation is 1. The minimum Gasteiger partial charge on any atom is -0.281 e. The zero-order valence-electron chi connectivity index (χ0n) is 5.83. The monoisotopic (exact) mass is 194 g/mol. The summed E-state index contributed by atoms with van der Waals surface area (Å²) in [7, 11) is 1.47. The minimum atomic E-state index is -3.62. The zero-order valence-corrected chi connectivity index (χ0v) is 7.41. The Morgan fingerprint density at radius 1 is 1.73 bits per heavy atom. The van der Waals surface area contributed by atoms with Crippen molar-refractivity contribution in [2.24, 2.45) is 0 Å². The predicted molar refractivity (Wildman–Crippen MR) is 41.0 cm³/mol. The third-order valence-corrected chi connectivity index (χ3v) is 2.67. The van der Waals surface area contributed by atoms with E-state index in [0.29, 0.717) is 12.1 Å². The molecule has 0 aromatic carbocycles. The van der Waals surface area contributed by atoms with E-state index in [9.17, 15) is 8.42 Å². The lowest BCUT2D eigenvalue weighted by Crippen LogP contribution is -1.93. The molecule has 0 amide bonds. The summed E-state index contributed by atoms with van der Waals surface area (Å²) in [4.78, 5) is 0.0710. The molecule has 0 aliphatic carbocycles. The molecule has 0 radical (unpaired) electrons. The third kappa shape index (κ3) is 1.72. The molecule has 11 heavy (non-hydrogen) atoms. The van der Waals surface area contributed by atoms with E-state index >= 15 is 0 Å². The molecule has 0 fully saturated rings. The summed E-state index contributed by atoms with van der Waals surface area (Å²) >= 11 is 0. The average Bonchev–Trinajstić information content (AvgIpc) is 2.31. The summed E-state index contributed by atoms with van der Waals surface area (Å²) in [6.07, 6.45) is 1.78. The smallest absolute Gasteiger partial charge is 0.264 e. The third-order valence-electron chi connectivity index (χ3n) is 1.29. The summed E-state index contributed by atoms with van der Waals surface area (Å²) in [5, 5.41) is 6.12. The van der Waals surface area contributed by atoms with E-state index in [1.807, 2.05) is 6.92 Å². The Hall–Kier alpha value is -0.550. The highest BCUT2D eigenvalue weighted by atomic mass is 35.7. The SMILES string of the molecule is CCc1[nH]ncc1S(=O)(=O)Cl. The highest BCUT2D eigenvalue weighted by Gasteiger charge is 2.15. The molecule has 0 saturated carbocycles. The van der Waals surface area contributed by atoms with E-state index in [1.165, 1.54) is 6.20 Å². The van der Waals surface area contributed by atoms with Gasteiger partial charge in [0.15, 0.2) is 0 Å². The van der Waals surface area contributed by atoms with Gasteiger partial charge in [-0.2, -0.15) is 5.10 Å². The molecule has 6 heteroatoms. The molecular formula is C5H7ClN2O2S. The van der Waals surface area contributed by atoms with Crippen LogP contribution in [0.1, 0.15) is 12.6 Å². The van der Waals surface area contributed by atoms with Gasteiger partial charge in [0.2, 0.25) is 0 Å². The second-order valence-electron chi connectivity index (χ2n) is 2.00. The molecule has 0 bridgehead atoms. The van der Waals surface area contributed by atoms with Crippen molar-refractivity contribution in [2.45, 2.75) is 18.2 Å². The standard InChI is InChI=1S/C5H7ClN2O2S/c1-2-4-5(3-7-8-4)11(6,9)10/h3H,2H2,1H3,(H,7,8). The average molecular weight is 195 g/mol. The zero-order chi connectivity index (χ0) is 8.48. The van der Waals surface area contributed by atoms with Crippen LogP contribution in [0.4, 0.5) is 0 Å². The fourth-order valence-electron chi connectivity index (χ4n) is 0.765. The molecule has 0 aliphatic heterocycles. The van der Waals surface area contributed by atoms with Gasteiger partial charge in [-0.25, -0.2) is 8.42 Å². The van der Waals surface area contributed by atoms with Crippen LogP contribution in [0.15, 0.2) is 11.1 Å². The number of aromatic nitrogens is 2. The maximum Gasteiger partial charge on any atom is 0.264 e. The van der Waals surface area contributed by atoms with Gasteiger partial charge in [0.1, 0.15) is 4.90 Å². The number of aromatic amines is 1. The fourth-order valence-corrected chi connectivity index (χ4v) is 1.83. The lowest BCUT2D eigenvalue weighted by atomic mass is 10.3. The van der Waals surface area contributed by atoms with E-state index in [2.05, 4.69) is 10.2 Å². The Morgan fingerprint density at radius 3 is 2.73 bits per heavy atom. The summed E-state index contributed by atoms with van der Waals surface area (Å²) in [6, 6.07) is 0. The molecule has 1 N–H and O–H groups in total. The second-order valence-corrected chi connectivity index (χ2v) is 4.54. The summed E-state index contributed by atoms with van der Waals surface area (Å²) < 4.78 is 21.6.